The Morgan fingerprint density at radius 3 is 1.81 bits per heavy atom. The first-order valence-electron chi connectivity index (χ1n) is 14.0. The Kier molecular flexibility index (Phi) is 9.98. The Bertz CT molecular complexity index is 1610. The quantitative estimate of drug-likeness (QED) is 0.243. The van der Waals surface area contributed by atoms with Crippen LogP contribution in [-0.2, 0) is 32.6 Å². The van der Waals surface area contributed by atoms with Crippen LogP contribution >= 0.6 is 0 Å². The number of hydrogen-bond donors (Lipinski definition) is 1. The molecule has 224 valence electrons. The summed E-state index contributed by atoms with van der Waals surface area (Å²) < 4.78 is 42.5. The van der Waals surface area contributed by atoms with E-state index in [0.29, 0.717) is 0 Å². The molecule has 0 bridgehead atoms. The molecule has 1 N–H and O–H groups in total. The zero-order chi connectivity index (χ0) is 31.0. The minimum atomic E-state index is -4.29. The minimum Gasteiger partial charge on any atom is -0.350 e. The molecule has 0 aliphatic carbocycles. The second-order valence-electron chi connectivity index (χ2n) is 11.3. The SMILES string of the molecule is CC(C)(C)NC(=O)[C@@H](Cc1ccccc1)N(Cc1ccccc1)C(=O)CN(c1ccccc1)S(=O)(=O)c1ccc(F)cc1. The van der Waals surface area contributed by atoms with Crippen LogP contribution < -0.4 is 9.62 Å². The van der Waals surface area contributed by atoms with Crippen molar-refractivity contribution in [2.45, 2.75) is 50.2 Å². The molecule has 0 saturated heterocycles. The van der Waals surface area contributed by atoms with Gasteiger partial charge in [0.05, 0.1) is 10.6 Å². The molecule has 2 amide bonds. The molecule has 43 heavy (non-hydrogen) atoms. The lowest BCUT2D eigenvalue weighted by Crippen LogP contribution is -2.56. The van der Waals surface area contributed by atoms with Gasteiger partial charge in [0.25, 0.3) is 10.0 Å². The van der Waals surface area contributed by atoms with Gasteiger partial charge >= 0.3 is 0 Å². The van der Waals surface area contributed by atoms with Crippen LogP contribution in [0.25, 0.3) is 0 Å². The van der Waals surface area contributed by atoms with Gasteiger partial charge in [0, 0.05) is 18.5 Å². The summed E-state index contributed by atoms with van der Waals surface area (Å²) in [5.41, 5.74) is 1.32. The van der Waals surface area contributed by atoms with Crippen LogP contribution in [0.3, 0.4) is 0 Å². The van der Waals surface area contributed by atoms with Crippen LogP contribution in [0.4, 0.5) is 10.1 Å². The van der Waals surface area contributed by atoms with Crippen molar-refractivity contribution in [1.29, 1.82) is 0 Å². The second kappa shape index (κ2) is 13.6. The normalized spacial score (nSPS) is 12.3. The van der Waals surface area contributed by atoms with E-state index in [2.05, 4.69) is 5.32 Å². The maximum atomic E-state index is 14.3. The van der Waals surface area contributed by atoms with Gasteiger partial charge in [-0.15, -0.1) is 0 Å². The van der Waals surface area contributed by atoms with Crippen LogP contribution in [0, 0.1) is 5.82 Å². The number of nitrogens with zero attached hydrogens (tertiary/aromatic N) is 2. The summed E-state index contributed by atoms with van der Waals surface area (Å²) in [6.45, 7) is 5.08. The average molecular weight is 602 g/mol. The van der Waals surface area contributed by atoms with Gasteiger partial charge in [0.2, 0.25) is 11.8 Å². The molecule has 0 aliphatic heterocycles. The average Bonchev–Trinajstić information content (AvgIpc) is 2.98. The topological polar surface area (TPSA) is 86.8 Å². The molecular formula is C34H36FN3O4S. The number of benzene rings is 4. The number of amides is 2. The molecule has 0 heterocycles. The van der Waals surface area contributed by atoms with Crippen molar-refractivity contribution in [1.82, 2.24) is 10.2 Å². The Morgan fingerprint density at radius 2 is 1.28 bits per heavy atom. The van der Waals surface area contributed by atoms with Crippen LogP contribution in [0.1, 0.15) is 31.9 Å². The minimum absolute atomic E-state index is 0.0773. The van der Waals surface area contributed by atoms with E-state index in [1.54, 1.807) is 30.3 Å². The lowest BCUT2D eigenvalue weighted by molar-refractivity contribution is -0.140. The number of nitrogens with one attached hydrogen (secondary N) is 1. The van der Waals surface area contributed by atoms with Crippen molar-refractivity contribution in [3.8, 4) is 0 Å². The van der Waals surface area contributed by atoms with E-state index in [1.165, 1.54) is 17.0 Å². The third kappa shape index (κ3) is 8.51. The van der Waals surface area contributed by atoms with E-state index in [-0.39, 0.29) is 29.5 Å². The molecule has 0 aromatic heterocycles. The summed E-state index contributed by atoms with van der Waals surface area (Å²) in [6, 6.07) is 30.4. The van der Waals surface area contributed by atoms with E-state index >= 15 is 0 Å². The lowest BCUT2D eigenvalue weighted by Gasteiger charge is -2.35. The molecule has 0 saturated carbocycles. The predicted octanol–water partition coefficient (Wildman–Crippen LogP) is 5.58. The number of halogens is 1. The van der Waals surface area contributed by atoms with E-state index in [4.69, 9.17) is 0 Å². The zero-order valence-electron chi connectivity index (χ0n) is 24.5. The summed E-state index contributed by atoms with van der Waals surface area (Å²) in [5, 5.41) is 3.01. The van der Waals surface area contributed by atoms with Gasteiger partial charge in [-0.3, -0.25) is 13.9 Å². The van der Waals surface area contributed by atoms with Crippen molar-refractivity contribution >= 4 is 27.5 Å². The van der Waals surface area contributed by atoms with Crippen LogP contribution in [0.5, 0.6) is 0 Å². The highest BCUT2D eigenvalue weighted by atomic mass is 32.2. The smallest absolute Gasteiger partial charge is 0.264 e. The maximum Gasteiger partial charge on any atom is 0.264 e. The monoisotopic (exact) mass is 601 g/mol. The van der Waals surface area contributed by atoms with Gasteiger partial charge in [-0.2, -0.15) is 0 Å². The van der Waals surface area contributed by atoms with Gasteiger partial charge in [0.1, 0.15) is 18.4 Å². The summed E-state index contributed by atoms with van der Waals surface area (Å²) >= 11 is 0. The number of carbonyl (C=O) groups excluding carboxylic acids is 2. The second-order valence-corrected chi connectivity index (χ2v) is 13.1. The molecule has 0 radical (unpaired) electrons. The highest BCUT2D eigenvalue weighted by molar-refractivity contribution is 7.92. The number of para-hydroxylation sites is 1. The highest BCUT2D eigenvalue weighted by Gasteiger charge is 2.35. The van der Waals surface area contributed by atoms with Crippen molar-refractivity contribution in [2.75, 3.05) is 10.8 Å². The number of carbonyl (C=O) groups is 2. The van der Waals surface area contributed by atoms with Crippen LogP contribution in [0.15, 0.2) is 120 Å². The van der Waals surface area contributed by atoms with Crippen LogP contribution in [-0.4, -0.2) is 43.3 Å². The third-order valence-electron chi connectivity index (χ3n) is 6.69. The van der Waals surface area contributed by atoms with Crippen molar-refractivity contribution in [3.63, 3.8) is 0 Å². The molecule has 7 nitrogen and oxygen atoms in total. The van der Waals surface area contributed by atoms with Gasteiger partial charge in [-0.1, -0.05) is 78.9 Å². The fraction of sp³-hybridized carbons (Fsp3) is 0.235. The molecule has 9 heteroatoms. The Balaban J connectivity index is 1.78. The van der Waals surface area contributed by atoms with E-state index < -0.39 is 39.9 Å². The standard InChI is InChI=1S/C34H36FN3O4S/c1-34(2,3)36-33(40)31(23-26-13-7-4-8-14-26)37(24-27-15-9-5-10-16-27)32(39)25-38(29-17-11-6-12-18-29)43(41,42)30-21-19-28(35)20-22-30/h4-22,31H,23-25H2,1-3H3,(H,36,40)/t31-/m1/s1. The van der Waals surface area contributed by atoms with Gasteiger partial charge < -0.3 is 10.2 Å². The molecule has 0 unspecified atom stereocenters. The van der Waals surface area contributed by atoms with E-state index in [1.807, 2.05) is 81.4 Å². The fourth-order valence-corrected chi connectivity index (χ4v) is 6.06. The van der Waals surface area contributed by atoms with Crippen molar-refractivity contribution in [3.05, 3.63) is 132 Å². The largest absolute Gasteiger partial charge is 0.350 e. The first-order valence-corrected chi connectivity index (χ1v) is 15.4. The number of anilines is 1. The number of sulfonamides is 1. The summed E-state index contributed by atoms with van der Waals surface area (Å²) in [5.74, 6) is -1.50. The van der Waals surface area contributed by atoms with E-state index in [0.717, 1.165) is 27.6 Å². The number of hydrogen-bond acceptors (Lipinski definition) is 4. The molecule has 0 fully saturated rings. The Morgan fingerprint density at radius 1 is 0.767 bits per heavy atom. The highest BCUT2D eigenvalue weighted by Crippen LogP contribution is 2.25. The summed E-state index contributed by atoms with van der Waals surface area (Å²) in [7, 11) is -4.29. The summed E-state index contributed by atoms with van der Waals surface area (Å²) in [6.07, 6.45) is 0.220. The molecular weight excluding hydrogens is 565 g/mol. The van der Waals surface area contributed by atoms with Gasteiger partial charge in [0.15, 0.2) is 0 Å². The lowest BCUT2D eigenvalue weighted by atomic mass is 10.0. The molecule has 1 atom stereocenters. The first-order chi connectivity index (χ1) is 20.4. The zero-order valence-corrected chi connectivity index (χ0v) is 25.3. The summed E-state index contributed by atoms with van der Waals surface area (Å²) in [4.78, 5) is 29.5. The van der Waals surface area contributed by atoms with E-state index in [9.17, 15) is 22.4 Å². The van der Waals surface area contributed by atoms with Crippen molar-refractivity contribution in [2.24, 2.45) is 0 Å². The van der Waals surface area contributed by atoms with Crippen LogP contribution in [0.2, 0.25) is 0 Å². The fourth-order valence-electron chi connectivity index (χ4n) is 4.64. The molecule has 0 spiro atoms. The molecule has 4 rings (SSSR count). The van der Waals surface area contributed by atoms with Crippen molar-refractivity contribution < 1.29 is 22.4 Å². The first kappa shape index (κ1) is 31.4. The van der Waals surface area contributed by atoms with Gasteiger partial charge in [-0.05, 0) is 68.3 Å². The maximum absolute atomic E-state index is 14.3. The Hall–Kier alpha value is -4.50. The van der Waals surface area contributed by atoms with Gasteiger partial charge in [-0.25, -0.2) is 12.8 Å². The third-order valence-corrected chi connectivity index (χ3v) is 8.48. The molecule has 0 aliphatic rings. The molecule has 4 aromatic rings. The predicted molar refractivity (Wildman–Crippen MR) is 166 cm³/mol. The molecule has 4 aromatic carbocycles. The Labute approximate surface area is 253 Å². The number of rotatable bonds is 11.